The first-order valence-electron chi connectivity index (χ1n) is 10.1. The largest absolute Gasteiger partial charge is 0.384 e. The van der Waals surface area contributed by atoms with Crippen molar-refractivity contribution in [3.05, 3.63) is 0 Å². The monoisotopic (exact) mass is 334 g/mol. The van der Waals surface area contributed by atoms with Gasteiger partial charge >= 0.3 is 0 Å². The summed E-state index contributed by atoms with van der Waals surface area (Å²) in [5.41, 5.74) is 0.485. The average Bonchev–Trinajstić information content (AvgIpc) is 2.52. The van der Waals surface area contributed by atoms with Crippen LogP contribution in [0.5, 0.6) is 0 Å². The van der Waals surface area contributed by atoms with Crippen LogP contribution in [-0.2, 0) is 9.53 Å². The summed E-state index contributed by atoms with van der Waals surface area (Å²) in [6, 6.07) is 0. The minimum atomic E-state index is 0.136. The lowest BCUT2D eigenvalue weighted by atomic mass is 9.49. The maximum atomic E-state index is 12.7. The number of carbonyl (C=O) groups is 1. The zero-order chi connectivity index (χ0) is 16.6. The highest BCUT2D eigenvalue weighted by Crippen LogP contribution is 2.61. The second kappa shape index (κ2) is 6.60. The molecule has 5 fully saturated rings. The molecular weight excluding hydrogens is 300 g/mol. The zero-order valence-corrected chi connectivity index (χ0v) is 15.2. The molecule has 4 aliphatic carbocycles. The first-order valence-corrected chi connectivity index (χ1v) is 10.1. The fraction of sp³-hybridized carbons (Fsp3) is 0.950. The Morgan fingerprint density at radius 2 is 1.67 bits per heavy atom. The Labute approximate surface area is 146 Å². The van der Waals surface area contributed by atoms with Crippen molar-refractivity contribution in [3.8, 4) is 0 Å². The van der Waals surface area contributed by atoms with E-state index in [0.717, 1.165) is 63.3 Å². The van der Waals surface area contributed by atoms with E-state index in [1.165, 1.54) is 38.5 Å². The lowest BCUT2D eigenvalue weighted by Gasteiger charge is -2.56. The molecule has 1 aliphatic heterocycles. The van der Waals surface area contributed by atoms with Gasteiger partial charge in [0, 0.05) is 25.5 Å². The predicted octanol–water partition coefficient (Wildman–Crippen LogP) is 2.73. The molecule has 4 saturated carbocycles. The minimum absolute atomic E-state index is 0.136. The van der Waals surface area contributed by atoms with Gasteiger partial charge in [-0.2, -0.15) is 0 Å². The van der Waals surface area contributed by atoms with Gasteiger partial charge in [0.1, 0.15) is 0 Å². The van der Waals surface area contributed by atoms with E-state index in [0.29, 0.717) is 11.3 Å². The van der Waals surface area contributed by atoms with Crippen LogP contribution in [0.1, 0.15) is 57.8 Å². The fourth-order valence-corrected chi connectivity index (χ4v) is 6.83. The SMILES string of the molecule is COCC1(CNC(=O)CC23CC4CC(CC(C4)C2)C3)CCNCC1. The van der Waals surface area contributed by atoms with Crippen molar-refractivity contribution < 1.29 is 9.53 Å². The number of ether oxygens (including phenoxy) is 1. The molecule has 24 heavy (non-hydrogen) atoms. The third-order valence-electron chi connectivity index (χ3n) is 7.48. The Kier molecular flexibility index (Phi) is 4.63. The second-order valence-electron chi connectivity index (χ2n) is 9.55. The molecule has 2 N–H and O–H groups in total. The topological polar surface area (TPSA) is 50.4 Å². The van der Waals surface area contributed by atoms with Gasteiger partial charge < -0.3 is 15.4 Å². The molecule has 5 rings (SSSR count). The van der Waals surface area contributed by atoms with Gasteiger partial charge in [0.15, 0.2) is 0 Å². The molecule has 0 aromatic carbocycles. The number of rotatable bonds is 6. The number of hydrogen-bond donors (Lipinski definition) is 2. The molecule has 136 valence electrons. The van der Waals surface area contributed by atoms with Crippen LogP contribution in [-0.4, -0.2) is 39.3 Å². The van der Waals surface area contributed by atoms with Gasteiger partial charge in [0.2, 0.25) is 5.91 Å². The first kappa shape index (κ1) is 16.8. The van der Waals surface area contributed by atoms with Crippen LogP contribution in [0.25, 0.3) is 0 Å². The first-order chi connectivity index (χ1) is 11.6. The van der Waals surface area contributed by atoms with Crippen molar-refractivity contribution in [3.63, 3.8) is 0 Å². The Balaban J connectivity index is 1.33. The van der Waals surface area contributed by atoms with E-state index in [1.54, 1.807) is 7.11 Å². The molecule has 0 radical (unpaired) electrons. The molecule has 4 bridgehead atoms. The molecule has 0 unspecified atom stereocenters. The van der Waals surface area contributed by atoms with Crippen LogP contribution in [0, 0.1) is 28.6 Å². The zero-order valence-electron chi connectivity index (χ0n) is 15.2. The smallest absolute Gasteiger partial charge is 0.220 e. The highest BCUT2D eigenvalue weighted by molar-refractivity contribution is 5.76. The van der Waals surface area contributed by atoms with Crippen LogP contribution in [0.3, 0.4) is 0 Å². The fourth-order valence-electron chi connectivity index (χ4n) is 6.83. The number of amides is 1. The van der Waals surface area contributed by atoms with Crippen LogP contribution in [0.15, 0.2) is 0 Å². The van der Waals surface area contributed by atoms with Crippen molar-refractivity contribution in [2.24, 2.45) is 28.6 Å². The number of carbonyl (C=O) groups excluding carboxylic acids is 1. The van der Waals surface area contributed by atoms with E-state index in [9.17, 15) is 4.79 Å². The van der Waals surface area contributed by atoms with Crippen LogP contribution >= 0.6 is 0 Å². The van der Waals surface area contributed by atoms with Crippen molar-refractivity contribution in [2.75, 3.05) is 33.4 Å². The third kappa shape index (κ3) is 3.37. The van der Waals surface area contributed by atoms with Crippen molar-refractivity contribution >= 4 is 5.91 Å². The molecule has 1 saturated heterocycles. The summed E-state index contributed by atoms with van der Waals surface area (Å²) in [5.74, 6) is 3.07. The van der Waals surface area contributed by atoms with E-state index in [2.05, 4.69) is 10.6 Å². The number of nitrogens with one attached hydrogen (secondary N) is 2. The summed E-state index contributed by atoms with van der Waals surface area (Å²) in [6.45, 7) is 3.61. The second-order valence-corrected chi connectivity index (χ2v) is 9.55. The molecule has 1 amide bonds. The lowest BCUT2D eigenvalue weighted by molar-refractivity contribution is -0.130. The summed E-state index contributed by atoms with van der Waals surface area (Å²) in [4.78, 5) is 12.7. The Hall–Kier alpha value is -0.610. The summed E-state index contributed by atoms with van der Waals surface area (Å²) in [7, 11) is 1.78. The van der Waals surface area contributed by atoms with Gasteiger partial charge in [-0.3, -0.25) is 4.79 Å². The van der Waals surface area contributed by atoms with E-state index < -0.39 is 0 Å². The average molecular weight is 335 g/mol. The summed E-state index contributed by atoms with van der Waals surface area (Å²) >= 11 is 0. The lowest BCUT2D eigenvalue weighted by Crippen LogP contribution is -2.50. The quantitative estimate of drug-likeness (QED) is 0.785. The predicted molar refractivity (Wildman–Crippen MR) is 94.6 cm³/mol. The van der Waals surface area contributed by atoms with Gasteiger partial charge in [0.25, 0.3) is 0 Å². The van der Waals surface area contributed by atoms with Crippen LogP contribution in [0.4, 0.5) is 0 Å². The van der Waals surface area contributed by atoms with Gasteiger partial charge in [0.05, 0.1) is 6.61 Å². The third-order valence-corrected chi connectivity index (χ3v) is 7.48. The molecule has 0 aromatic heterocycles. The number of hydrogen-bond acceptors (Lipinski definition) is 3. The molecular formula is C20H34N2O2. The van der Waals surface area contributed by atoms with Crippen molar-refractivity contribution in [2.45, 2.75) is 57.8 Å². The van der Waals surface area contributed by atoms with Gasteiger partial charge in [-0.25, -0.2) is 0 Å². The standard InChI is InChI=1S/C20H34N2O2/c1-24-14-19(2-4-21-5-3-19)13-22-18(23)12-20-9-15-6-16(10-20)8-17(7-15)11-20/h15-17,21H,2-14H2,1H3,(H,22,23). The number of methoxy groups -OCH3 is 1. The van der Waals surface area contributed by atoms with Gasteiger partial charge in [-0.15, -0.1) is 0 Å². The molecule has 4 heteroatoms. The van der Waals surface area contributed by atoms with E-state index in [1.807, 2.05) is 0 Å². The van der Waals surface area contributed by atoms with Crippen LogP contribution < -0.4 is 10.6 Å². The molecule has 4 nitrogen and oxygen atoms in total. The Morgan fingerprint density at radius 1 is 1.08 bits per heavy atom. The van der Waals surface area contributed by atoms with Gasteiger partial charge in [-0.1, -0.05) is 0 Å². The van der Waals surface area contributed by atoms with Crippen LogP contribution in [0.2, 0.25) is 0 Å². The number of piperidine rings is 1. The Morgan fingerprint density at radius 3 is 2.21 bits per heavy atom. The maximum absolute atomic E-state index is 12.7. The normalized spacial score (nSPS) is 39.8. The van der Waals surface area contributed by atoms with Gasteiger partial charge in [-0.05, 0) is 87.6 Å². The van der Waals surface area contributed by atoms with Crippen molar-refractivity contribution in [1.29, 1.82) is 0 Å². The maximum Gasteiger partial charge on any atom is 0.220 e. The van der Waals surface area contributed by atoms with E-state index >= 15 is 0 Å². The van der Waals surface area contributed by atoms with E-state index in [-0.39, 0.29) is 5.41 Å². The molecule has 1 heterocycles. The highest BCUT2D eigenvalue weighted by atomic mass is 16.5. The Bertz CT molecular complexity index is 429. The molecule has 0 aromatic rings. The van der Waals surface area contributed by atoms with E-state index in [4.69, 9.17) is 4.74 Å². The minimum Gasteiger partial charge on any atom is -0.384 e. The molecule has 0 spiro atoms. The van der Waals surface area contributed by atoms with Crippen molar-refractivity contribution in [1.82, 2.24) is 10.6 Å². The summed E-state index contributed by atoms with van der Waals surface area (Å²) in [5, 5.41) is 6.73. The molecule has 0 atom stereocenters. The summed E-state index contributed by atoms with van der Waals surface area (Å²) < 4.78 is 5.47. The summed E-state index contributed by atoms with van der Waals surface area (Å²) in [6.07, 6.45) is 11.3. The molecule has 5 aliphatic rings. The highest BCUT2D eigenvalue weighted by Gasteiger charge is 2.51.